The average Bonchev–Trinajstić information content (AvgIpc) is 3.13. The van der Waals surface area contributed by atoms with Gasteiger partial charge in [-0.1, -0.05) is 37.5 Å². The third-order valence-corrected chi connectivity index (χ3v) is 4.33. The third-order valence-electron chi connectivity index (χ3n) is 4.33. The minimum atomic E-state index is -0.453. The molecule has 1 aromatic carbocycles. The van der Waals surface area contributed by atoms with Crippen molar-refractivity contribution < 1.29 is 14.3 Å². The molecule has 1 aliphatic rings. The summed E-state index contributed by atoms with van der Waals surface area (Å²) in [4.78, 5) is 12.8. The fraction of sp³-hybridized carbons (Fsp3) is 0.474. The van der Waals surface area contributed by atoms with Gasteiger partial charge >= 0.3 is 5.97 Å². The van der Waals surface area contributed by atoms with Crippen molar-refractivity contribution in [3.05, 3.63) is 41.1 Å². The highest BCUT2D eigenvalue weighted by molar-refractivity contribution is 5.92. The number of unbranched alkanes of at least 4 members (excludes halogenated alkanes) is 1. The number of esters is 1. The number of fused-ring (bicyclic) bond motifs is 1. The first-order valence-electron chi connectivity index (χ1n) is 9.31. The van der Waals surface area contributed by atoms with E-state index in [1.165, 1.54) is 0 Å². The molecule has 27 heavy (non-hydrogen) atoms. The molecule has 0 amide bonds. The zero-order valence-electron chi connectivity index (χ0n) is 15.9. The summed E-state index contributed by atoms with van der Waals surface area (Å²) in [5, 5.41) is 14.9. The minimum Gasteiger partial charge on any atom is -0.494 e. The summed E-state index contributed by atoms with van der Waals surface area (Å²) in [7, 11) is 0. The van der Waals surface area contributed by atoms with Crippen molar-refractivity contribution >= 4 is 11.9 Å². The normalized spacial score (nSPS) is 15.9. The summed E-state index contributed by atoms with van der Waals surface area (Å²) in [6.45, 7) is 7.01. The lowest BCUT2D eigenvalue weighted by Crippen LogP contribution is -2.29. The molecule has 0 saturated carbocycles. The quantitative estimate of drug-likeness (QED) is 0.563. The molecular formula is C19H25N5O3. The van der Waals surface area contributed by atoms with E-state index in [0.717, 1.165) is 30.6 Å². The smallest absolute Gasteiger partial charge is 0.338 e. The monoisotopic (exact) mass is 371 g/mol. The van der Waals surface area contributed by atoms with Gasteiger partial charge in [-0.15, -0.1) is 0 Å². The molecule has 0 radical (unpaired) electrons. The molecule has 2 heterocycles. The molecular weight excluding hydrogens is 346 g/mol. The zero-order chi connectivity index (χ0) is 19.2. The van der Waals surface area contributed by atoms with Crippen molar-refractivity contribution in [1.29, 1.82) is 0 Å². The molecule has 8 heteroatoms. The van der Waals surface area contributed by atoms with Crippen LogP contribution in [-0.2, 0) is 9.53 Å². The van der Waals surface area contributed by atoms with Crippen LogP contribution in [0.15, 0.2) is 35.5 Å². The van der Waals surface area contributed by atoms with Gasteiger partial charge in [0.15, 0.2) is 0 Å². The third kappa shape index (κ3) is 4.10. The lowest BCUT2D eigenvalue weighted by molar-refractivity contribution is -0.139. The lowest BCUT2D eigenvalue weighted by atomic mass is 9.96. The van der Waals surface area contributed by atoms with E-state index in [0.29, 0.717) is 30.4 Å². The average molecular weight is 371 g/mol. The Balaban J connectivity index is 1.92. The van der Waals surface area contributed by atoms with E-state index in [4.69, 9.17) is 9.47 Å². The maximum Gasteiger partial charge on any atom is 0.338 e. The van der Waals surface area contributed by atoms with E-state index in [2.05, 4.69) is 34.7 Å². The van der Waals surface area contributed by atoms with Gasteiger partial charge in [0.2, 0.25) is 5.95 Å². The van der Waals surface area contributed by atoms with Crippen LogP contribution in [-0.4, -0.2) is 39.4 Å². The standard InChI is InChI=1S/C19H25N5O3/c1-4-6-12-27-18(25)16-13(3)20-19-21-22-23-24(19)17(16)14-7-9-15(10-8-14)26-11-5-2/h7-10,17H,4-6,11-12H2,1-3H3,(H,20,21,23). The van der Waals surface area contributed by atoms with Gasteiger partial charge < -0.3 is 14.8 Å². The molecule has 0 saturated heterocycles. The van der Waals surface area contributed by atoms with E-state index >= 15 is 0 Å². The number of carbonyl (C=O) groups excluding carboxylic acids is 1. The summed E-state index contributed by atoms with van der Waals surface area (Å²) in [5.74, 6) is 0.930. The second-order valence-electron chi connectivity index (χ2n) is 6.42. The molecule has 0 bridgehead atoms. The fourth-order valence-corrected chi connectivity index (χ4v) is 2.94. The lowest BCUT2D eigenvalue weighted by Gasteiger charge is -2.27. The Morgan fingerprint density at radius 1 is 1.19 bits per heavy atom. The number of rotatable bonds is 8. The van der Waals surface area contributed by atoms with Crippen molar-refractivity contribution in [2.24, 2.45) is 0 Å². The number of tetrazole rings is 1. The minimum absolute atomic E-state index is 0.356. The van der Waals surface area contributed by atoms with Gasteiger partial charge in [0.25, 0.3) is 0 Å². The second-order valence-corrected chi connectivity index (χ2v) is 6.42. The van der Waals surface area contributed by atoms with E-state index in [1.54, 1.807) is 4.68 Å². The van der Waals surface area contributed by atoms with Gasteiger partial charge in [-0.3, -0.25) is 0 Å². The van der Waals surface area contributed by atoms with Gasteiger partial charge in [-0.25, -0.2) is 4.79 Å². The SMILES string of the molecule is CCCCOC(=O)C1=C(C)Nc2nnnn2C1c1ccc(OCCC)cc1. The first-order chi connectivity index (χ1) is 13.2. The molecule has 1 N–H and O–H groups in total. The Hall–Kier alpha value is -2.90. The largest absolute Gasteiger partial charge is 0.494 e. The number of hydrogen-bond acceptors (Lipinski definition) is 7. The van der Waals surface area contributed by atoms with Crippen molar-refractivity contribution in [3.8, 4) is 5.75 Å². The van der Waals surface area contributed by atoms with E-state index < -0.39 is 6.04 Å². The summed E-state index contributed by atoms with van der Waals surface area (Å²) < 4.78 is 12.7. The van der Waals surface area contributed by atoms with Gasteiger partial charge in [0.05, 0.1) is 18.8 Å². The Morgan fingerprint density at radius 2 is 1.96 bits per heavy atom. The molecule has 2 aromatic rings. The number of benzene rings is 1. The zero-order valence-corrected chi connectivity index (χ0v) is 15.9. The van der Waals surface area contributed by atoms with Crippen molar-refractivity contribution in [2.75, 3.05) is 18.5 Å². The number of allylic oxidation sites excluding steroid dienone is 1. The van der Waals surface area contributed by atoms with E-state index in [9.17, 15) is 4.79 Å². The first kappa shape index (κ1) is 18.9. The van der Waals surface area contributed by atoms with Crippen LogP contribution in [0.2, 0.25) is 0 Å². The van der Waals surface area contributed by atoms with Crippen LogP contribution in [0.3, 0.4) is 0 Å². The number of nitrogens with one attached hydrogen (secondary N) is 1. The molecule has 144 valence electrons. The highest BCUT2D eigenvalue weighted by Gasteiger charge is 2.34. The number of carbonyl (C=O) groups is 1. The number of ether oxygens (including phenoxy) is 2. The summed E-state index contributed by atoms with van der Waals surface area (Å²) in [5.41, 5.74) is 2.08. The fourth-order valence-electron chi connectivity index (χ4n) is 2.94. The predicted molar refractivity (Wildman–Crippen MR) is 100 cm³/mol. The van der Waals surface area contributed by atoms with Crippen LogP contribution in [0, 0.1) is 0 Å². The van der Waals surface area contributed by atoms with E-state index in [-0.39, 0.29) is 5.97 Å². The molecule has 1 aromatic heterocycles. The molecule has 0 aliphatic carbocycles. The maximum absolute atomic E-state index is 12.8. The van der Waals surface area contributed by atoms with Crippen LogP contribution >= 0.6 is 0 Å². The predicted octanol–water partition coefficient (Wildman–Crippen LogP) is 3.09. The highest BCUT2D eigenvalue weighted by atomic mass is 16.5. The van der Waals surface area contributed by atoms with Crippen LogP contribution in [0.25, 0.3) is 0 Å². The topological polar surface area (TPSA) is 91.2 Å². The Labute approximate surface area is 158 Å². The molecule has 1 unspecified atom stereocenters. The second kappa shape index (κ2) is 8.66. The molecule has 1 aliphatic heterocycles. The van der Waals surface area contributed by atoms with Crippen LogP contribution in [0.1, 0.15) is 51.6 Å². The van der Waals surface area contributed by atoms with Crippen LogP contribution in [0.4, 0.5) is 5.95 Å². The van der Waals surface area contributed by atoms with Crippen molar-refractivity contribution in [2.45, 2.75) is 46.1 Å². The molecule has 3 rings (SSSR count). The summed E-state index contributed by atoms with van der Waals surface area (Å²) >= 11 is 0. The number of anilines is 1. The van der Waals surface area contributed by atoms with E-state index in [1.807, 2.05) is 31.2 Å². The summed E-state index contributed by atoms with van der Waals surface area (Å²) in [6, 6.07) is 7.20. The highest BCUT2D eigenvalue weighted by Crippen LogP contribution is 2.35. The Bertz CT molecular complexity index is 813. The van der Waals surface area contributed by atoms with Gasteiger partial charge in [0.1, 0.15) is 11.8 Å². The Kier molecular flexibility index (Phi) is 6.05. The van der Waals surface area contributed by atoms with Gasteiger partial charge in [-0.05, 0) is 47.9 Å². The van der Waals surface area contributed by atoms with Gasteiger partial charge in [0, 0.05) is 5.70 Å². The number of nitrogens with zero attached hydrogens (tertiary/aromatic N) is 4. The number of aromatic nitrogens is 4. The van der Waals surface area contributed by atoms with Crippen LogP contribution < -0.4 is 10.1 Å². The van der Waals surface area contributed by atoms with Gasteiger partial charge in [-0.2, -0.15) is 4.68 Å². The van der Waals surface area contributed by atoms with Crippen molar-refractivity contribution in [3.63, 3.8) is 0 Å². The molecule has 8 nitrogen and oxygen atoms in total. The molecule has 0 fully saturated rings. The Morgan fingerprint density at radius 3 is 2.67 bits per heavy atom. The summed E-state index contributed by atoms with van der Waals surface area (Å²) in [6.07, 6.45) is 2.73. The molecule has 0 spiro atoms. The first-order valence-corrected chi connectivity index (χ1v) is 9.31. The number of hydrogen-bond donors (Lipinski definition) is 1. The van der Waals surface area contributed by atoms with Crippen LogP contribution in [0.5, 0.6) is 5.75 Å². The van der Waals surface area contributed by atoms with Crippen molar-refractivity contribution in [1.82, 2.24) is 20.2 Å². The maximum atomic E-state index is 12.8. The molecule has 1 atom stereocenters.